The second-order valence-electron chi connectivity index (χ2n) is 5.38. The monoisotopic (exact) mass is 257 g/mol. The molecule has 0 spiro atoms. The summed E-state index contributed by atoms with van der Waals surface area (Å²) in [7, 11) is 1.96. The fourth-order valence-electron chi connectivity index (χ4n) is 2.36. The molecule has 0 atom stereocenters. The Balaban J connectivity index is 2.00. The zero-order valence-electron chi connectivity index (χ0n) is 12.5. The molecule has 1 heterocycles. The third-order valence-corrected chi connectivity index (χ3v) is 3.70. The minimum absolute atomic E-state index is 0.867. The third kappa shape index (κ3) is 3.24. The van der Waals surface area contributed by atoms with Crippen LogP contribution in [0, 0.1) is 27.7 Å². The van der Waals surface area contributed by atoms with Gasteiger partial charge >= 0.3 is 0 Å². The Bertz CT molecular complexity index is 582. The van der Waals surface area contributed by atoms with Crippen molar-refractivity contribution >= 4 is 0 Å². The number of aromatic nitrogens is 2. The maximum Gasteiger partial charge on any atom is 0.0638 e. The molecule has 0 unspecified atom stereocenters. The van der Waals surface area contributed by atoms with Crippen molar-refractivity contribution in [1.82, 2.24) is 15.1 Å². The molecule has 2 aromatic rings. The molecule has 0 aliphatic rings. The van der Waals surface area contributed by atoms with Crippen LogP contribution in [-0.2, 0) is 20.1 Å². The van der Waals surface area contributed by atoms with Gasteiger partial charge in [0.05, 0.1) is 5.69 Å². The van der Waals surface area contributed by atoms with Crippen LogP contribution in [0.2, 0.25) is 0 Å². The molecule has 2 rings (SSSR count). The molecule has 0 aliphatic heterocycles. The highest BCUT2D eigenvalue weighted by Crippen LogP contribution is 2.15. The summed E-state index contributed by atoms with van der Waals surface area (Å²) in [5.41, 5.74) is 7.84. The first-order valence-electron chi connectivity index (χ1n) is 6.74. The van der Waals surface area contributed by atoms with Gasteiger partial charge in [-0.3, -0.25) is 4.68 Å². The van der Waals surface area contributed by atoms with E-state index in [1.54, 1.807) is 0 Å². The van der Waals surface area contributed by atoms with Crippen molar-refractivity contribution in [1.29, 1.82) is 0 Å². The van der Waals surface area contributed by atoms with Gasteiger partial charge < -0.3 is 5.32 Å². The van der Waals surface area contributed by atoms with Gasteiger partial charge in [-0.25, -0.2) is 0 Å². The lowest BCUT2D eigenvalue weighted by Gasteiger charge is -2.10. The summed E-state index contributed by atoms with van der Waals surface area (Å²) in [4.78, 5) is 0. The Morgan fingerprint density at radius 1 is 0.947 bits per heavy atom. The van der Waals surface area contributed by atoms with E-state index < -0.39 is 0 Å². The van der Waals surface area contributed by atoms with Crippen LogP contribution in [0.3, 0.4) is 0 Å². The Kier molecular flexibility index (Phi) is 4.05. The Hall–Kier alpha value is -1.61. The third-order valence-electron chi connectivity index (χ3n) is 3.70. The van der Waals surface area contributed by atoms with Crippen LogP contribution in [-0.4, -0.2) is 9.78 Å². The molecule has 3 nitrogen and oxygen atoms in total. The van der Waals surface area contributed by atoms with E-state index in [2.05, 4.69) is 56.4 Å². The van der Waals surface area contributed by atoms with Crippen LogP contribution < -0.4 is 5.32 Å². The fourth-order valence-corrected chi connectivity index (χ4v) is 2.36. The molecule has 3 heteroatoms. The number of hydrogen-bond donors (Lipinski definition) is 1. The van der Waals surface area contributed by atoms with Gasteiger partial charge in [-0.1, -0.05) is 12.1 Å². The number of rotatable bonds is 4. The maximum absolute atomic E-state index is 4.36. The Morgan fingerprint density at radius 2 is 1.58 bits per heavy atom. The molecule has 1 N–H and O–H groups in total. The molecule has 1 aromatic carbocycles. The molecule has 102 valence electrons. The number of hydrogen-bond acceptors (Lipinski definition) is 2. The molecule has 1 aromatic heterocycles. The predicted molar refractivity (Wildman–Crippen MR) is 79.1 cm³/mol. The highest BCUT2D eigenvalue weighted by atomic mass is 15.2. The lowest BCUT2D eigenvalue weighted by Crippen LogP contribution is -2.14. The lowest BCUT2D eigenvalue weighted by atomic mass is 10.0. The van der Waals surface area contributed by atoms with Gasteiger partial charge in [-0.15, -0.1) is 0 Å². The highest BCUT2D eigenvalue weighted by Gasteiger charge is 2.04. The van der Waals surface area contributed by atoms with Crippen molar-refractivity contribution in [2.75, 3.05) is 0 Å². The topological polar surface area (TPSA) is 29.9 Å². The largest absolute Gasteiger partial charge is 0.308 e. The van der Waals surface area contributed by atoms with E-state index >= 15 is 0 Å². The first-order chi connectivity index (χ1) is 8.97. The quantitative estimate of drug-likeness (QED) is 0.912. The van der Waals surface area contributed by atoms with Gasteiger partial charge in [0.25, 0.3) is 0 Å². The van der Waals surface area contributed by atoms with Crippen LogP contribution >= 0.6 is 0 Å². The summed E-state index contributed by atoms with van der Waals surface area (Å²) in [6, 6.07) is 4.55. The van der Waals surface area contributed by atoms with Crippen LogP contribution in [0.4, 0.5) is 0 Å². The number of nitrogens with one attached hydrogen (secondary N) is 1. The lowest BCUT2D eigenvalue weighted by molar-refractivity contribution is 0.687. The first kappa shape index (κ1) is 13.8. The minimum Gasteiger partial charge on any atom is -0.308 e. The van der Waals surface area contributed by atoms with E-state index in [1.165, 1.54) is 27.8 Å². The second kappa shape index (κ2) is 5.57. The van der Waals surface area contributed by atoms with Crippen LogP contribution in [0.25, 0.3) is 0 Å². The van der Waals surface area contributed by atoms with Crippen molar-refractivity contribution in [3.05, 3.63) is 51.8 Å². The van der Waals surface area contributed by atoms with E-state index in [1.807, 2.05) is 11.7 Å². The average Bonchev–Trinajstić information content (AvgIpc) is 2.64. The molecule has 0 aliphatic carbocycles. The van der Waals surface area contributed by atoms with Gasteiger partial charge in [0.2, 0.25) is 0 Å². The normalized spacial score (nSPS) is 11.0. The van der Waals surface area contributed by atoms with Crippen molar-refractivity contribution in [3.8, 4) is 0 Å². The van der Waals surface area contributed by atoms with Gasteiger partial charge in [0.15, 0.2) is 0 Å². The fraction of sp³-hybridized carbons (Fsp3) is 0.438. The summed E-state index contributed by atoms with van der Waals surface area (Å²) < 4.78 is 1.87. The van der Waals surface area contributed by atoms with Crippen molar-refractivity contribution in [2.24, 2.45) is 7.05 Å². The summed E-state index contributed by atoms with van der Waals surface area (Å²) in [6.45, 7) is 10.3. The standard InChI is InChI=1S/C16H23N3/c1-11-6-13(3)15(7-12(11)2)8-17-9-16-10-19(5)18-14(16)4/h6-7,10,17H,8-9H2,1-5H3. The van der Waals surface area contributed by atoms with Crippen LogP contribution in [0.5, 0.6) is 0 Å². The summed E-state index contributed by atoms with van der Waals surface area (Å²) >= 11 is 0. The smallest absolute Gasteiger partial charge is 0.0638 e. The van der Waals surface area contributed by atoms with Gasteiger partial charge in [0, 0.05) is 31.9 Å². The van der Waals surface area contributed by atoms with E-state index in [-0.39, 0.29) is 0 Å². The zero-order valence-corrected chi connectivity index (χ0v) is 12.5. The minimum atomic E-state index is 0.867. The molecule has 0 saturated carbocycles. The van der Waals surface area contributed by atoms with Gasteiger partial charge in [-0.05, 0) is 49.9 Å². The Labute approximate surface area is 115 Å². The molecule has 0 amide bonds. The van der Waals surface area contributed by atoms with E-state index in [0.29, 0.717) is 0 Å². The maximum atomic E-state index is 4.36. The molecule has 0 bridgehead atoms. The zero-order chi connectivity index (χ0) is 14.0. The Morgan fingerprint density at radius 3 is 2.21 bits per heavy atom. The average molecular weight is 257 g/mol. The van der Waals surface area contributed by atoms with Gasteiger partial charge in [-0.2, -0.15) is 5.10 Å². The summed E-state index contributed by atoms with van der Waals surface area (Å²) in [6.07, 6.45) is 2.08. The van der Waals surface area contributed by atoms with Crippen LogP contribution in [0.15, 0.2) is 18.3 Å². The second-order valence-corrected chi connectivity index (χ2v) is 5.38. The van der Waals surface area contributed by atoms with Crippen molar-refractivity contribution < 1.29 is 0 Å². The predicted octanol–water partition coefficient (Wildman–Crippen LogP) is 2.94. The van der Waals surface area contributed by atoms with E-state index in [9.17, 15) is 0 Å². The molecule has 0 saturated heterocycles. The number of benzene rings is 1. The summed E-state index contributed by atoms with van der Waals surface area (Å²) in [5.74, 6) is 0. The van der Waals surface area contributed by atoms with Crippen LogP contribution in [0.1, 0.15) is 33.5 Å². The first-order valence-corrected chi connectivity index (χ1v) is 6.74. The SMILES string of the molecule is Cc1cc(C)c(CNCc2cn(C)nc2C)cc1C. The van der Waals surface area contributed by atoms with Crippen molar-refractivity contribution in [2.45, 2.75) is 40.8 Å². The van der Waals surface area contributed by atoms with E-state index in [4.69, 9.17) is 0 Å². The summed E-state index contributed by atoms with van der Waals surface area (Å²) in [5, 5.41) is 7.86. The van der Waals surface area contributed by atoms with Gasteiger partial charge in [0.1, 0.15) is 0 Å². The van der Waals surface area contributed by atoms with Crippen molar-refractivity contribution in [3.63, 3.8) is 0 Å². The molecule has 0 fully saturated rings. The number of aryl methyl sites for hydroxylation is 5. The highest BCUT2D eigenvalue weighted by molar-refractivity contribution is 5.36. The molecular weight excluding hydrogens is 234 g/mol. The molecule has 19 heavy (non-hydrogen) atoms. The molecular formula is C16H23N3. The number of nitrogens with zero attached hydrogens (tertiary/aromatic N) is 2. The molecule has 0 radical (unpaired) electrons. The van der Waals surface area contributed by atoms with E-state index in [0.717, 1.165) is 18.8 Å².